The summed E-state index contributed by atoms with van der Waals surface area (Å²) in [6, 6.07) is 4.06. The third-order valence-corrected chi connectivity index (χ3v) is 3.45. The number of aromatic carboxylic acids is 1. The highest BCUT2D eigenvalue weighted by atomic mass is 35.5. The summed E-state index contributed by atoms with van der Waals surface area (Å²) in [6.45, 7) is 0.244. The molecule has 0 fully saturated rings. The van der Waals surface area contributed by atoms with Crippen LogP contribution >= 0.6 is 11.6 Å². The molecule has 0 saturated carbocycles. The summed E-state index contributed by atoms with van der Waals surface area (Å²) >= 11 is 5.80. The molecule has 0 bridgehead atoms. The van der Waals surface area contributed by atoms with E-state index >= 15 is 0 Å². The average molecular weight is 309 g/mol. The van der Waals surface area contributed by atoms with E-state index in [0.717, 1.165) is 0 Å². The first-order valence-electron chi connectivity index (χ1n) is 5.15. The maximum absolute atomic E-state index is 11.7. The van der Waals surface area contributed by atoms with E-state index in [-0.39, 0.29) is 29.4 Å². The molecular formula is C10H13ClN2O5S. The van der Waals surface area contributed by atoms with E-state index < -0.39 is 16.2 Å². The van der Waals surface area contributed by atoms with E-state index in [9.17, 15) is 13.2 Å². The smallest absolute Gasteiger partial charge is 0.337 e. The molecule has 0 aliphatic carbocycles. The average Bonchev–Trinajstić information content (AvgIpc) is 2.31. The third kappa shape index (κ3) is 4.67. The van der Waals surface area contributed by atoms with Crippen LogP contribution in [0.4, 0.5) is 5.69 Å². The molecule has 106 valence electrons. The topological polar surface area (TPSA) is 105 Å². The molecule has 7 nitrogen and oxygen atoms in total. The first kappa shape index (κ1) is 15.7. The molecule has 0 heterocycles. The molecule has 3 N–H and O–H groups in total. The molecule has 0 unspecified atom stereocenters. The van der Waals surface area contributed by atoms with E-state index in [2.05, 4.69) is 9.44 Å². The van der Waals surface area contributed by atoms with Crippen LogP contribution in [0.15, 0.2) is 18.2 Å². The molecule has 0 spiro atoms. The number of ether oxygens (including phenoxy) is 1. The zero-order valence-electron chi connectivity index (χ0n) is 10.0. The van der Waals surface area contributed by atoms with Gasteiger partial charge in [-0.25, -0.2) is 4.79 Å². The Morgan fingerprint density at radius 1 is 1.47 bits per heavy atom. The number of rotatable bonds is 7. The summed E-state index contributed by atoms with van der Waals surface area (Å²) in [5.41, 5.74) is -0.411. The van der Waals surface area contributed by atoms with E-state index in [0.29, 0.717) is 0 Å². The summed E-state index contributed by atoms with van der Waals surface area (Å²) in [4.78, 5) is 11.0. The van der Waals surface area contributed by atoms with Crippen LogP contribution in [0.2, 0.25) is 5.02 Å². The Hall–Kier alpha value is -1.35. The molecule has 0 atom stereocenters. The van der Waals surface area contributed by atoms with Gasteiger partial charge in [-0.2, -0.15) is 13.1 Å². The Morgan fingerprint density at radius 2 is 2.16 bits per heavy atom. The van der Waals surface area contributed by atoms with Crippen molar-refractivity contribution in [3.63, 3.8) is 0 Å². The van der Waals surface area contributed by atoms with E-state index in [1.807, 2.05) is 0 Å². The van der Waals surface area contributed by atoms with Gasteiger partial charge in [-0.05, 0) is 12.1 Å². The molecule has 0 aliphatic heterocycles. The minimum Gasteiger partial charge on any atom is -0.478 e. The van der Waals surface area contributed by atoms with E-state index in [4.69, 9.17) is 21.4 Å². The van der Waals surface area contributed by atoms with Gasteiger partial charge >= 0.3 is 5.97 Å². The zero-order valence-corrected chi connectivity index (χ0v) is 11.6. The number of carbonyl (C=O) groups is 1. The number of methoxy groups -OCH3 is 1. The lowest BCUT2D eigenvalue weighted by Crippen LogP contribution is -2.33. The summed E-state index contributed by atoms with van der Waals surface area (Å²) in [6.07, 6.45) is 0. The number of anilines is 1. The molecule has 0 aromatic heterocycles. The Morgan fingerprint density at radius 3 is 2.74 bits per heavy atom. The van der Waals surface area contributed by atoms with Crippen molar-refractivity contribution < 1.29 is 23.1 Å². The molecular weight excluding hydrogens is 296 g/mol. The molecule has 0 radical (unpaired) electrons. The van der Waals surface area contributed by atoms with Gasteiger partial charge < -0.3 is 9.84 Å². The number of carboxylic acid groups (broad SMARTS) is 1. The lowest BCUT2D eigenvalue weighted by atomic mass is 10.2. The van der Waals surface area contributed by atoms with Crippen LogP contribution in [-0.2, 0) is 14.9 Å². The van der Waals surface area contributed by atoms with Crippen LogP contribution in [0.25, 0.3) is 0 Å². The minimum absolute atomic E-state index is 0.00276. The van der Waals surface area contributed by atoms with Gasteiger partial charge in [0.1, 0.15) is 0 Å². The van der Waals surface area contributed by atoms with Gasteiger partial charge in [0.15, 0.2) is 0 Å². The van der Waals surface area contributed by atoms with Crippen LogP contribution < -0.4 is 9.44 Å². The summed E-state index contributed by atoms with van der Waals surface area (Å²) < 4.78 is 32.3. The molecule has 1 rings (SSSR count). The lowest BCUT2D eigenvalue weighted by Gasteiger charge is -2.12. The molecule has 0 saturated heterocycles. The number of hydrogen-bond donors (Lipinski definition) is 3. The number of nitrogens with one attached hydrogen (secondary N) is 2. The van der Waals surface area contributed by atoms with E-state index in [1.54, 1.807) is 0 Å². The Kier molecular flexibility index (Phi) is 5.55. The second kappa shape index (κ2) is 6.71. The van der Waals surface area contributed by atoms with Crippen LogP contribution in [0.1, 0.15) is 10.4 Å². The number of benzene rings is 1. The maximum Gasteiger partial charge on any atom is 0.337 e. The molecule has 1 aromatic carbocycles. The monoisotopic (exact) mass is 308 g/mol. The fraction of sp³-hybridized carbons (Fsp3) is 0.300. The predicted molar refractivity (Wildman–Crippen MR) is 70.8 cm³/mol. The fourth-order valence-corrected chi connectivity index (χ4v) is 2.45. The molecule has 0 amide bonds. The number of para-hydroxylation sites is 1. The Bertz CT molecular complexity index is 561. The number of halogens is 1. The molecule has 1 aromatic rings. The summed E-state index contributed by atoms with van der Waals surface area (Å²) in [5, 5.41) is 8.96. The Balaban J connectivity index is 2.95. The van der Waals surface area contributed by atoms with E-state index in [1.165, 1.54) is 25.3 Å². The summed E-state index contributed by atoms with van der Waals surface area (Å²) in [5.74, 6) is -1.28. The fourth-order valence-electron chi connectivity index (χ4n) is 1.25. The van der Waals surface area contributed by atoms with Crippen molar-refractivity contribution >= 4 is 33.5 Å². The van der Waals surface area contributed by atoms with Gasteiger partial charge in [0.2, 0.25) is 0 Å². The van der Waals surface area contributed by atoms with Gasteiger partial charge in [-0.15, -0.1) is 0 Å². The minimum atomic E-state index is -3.91. The van der Waals surface area contributed by atoms with Crippen molar-refractivity contribution in [3.05, 3.63) is 28.8 Å². The number of hydrogen-bond acceptors (Lipinski definition) is 4. The Labute approximate surface area is 115 Å². The maximum atomic E-state index is 11.7. The first-order chi connectivity index (χ1) is 8.87. The van der Waals surface area contributed by atoms with Gasteiger partial charge in [-0.1, -0.05) is 17.7 Å². The van der Waals surface area contributed by atoms with Crippen molar-refractivity contribution in [3.8, 4) is 0 Å². The molecule has 0 aliphatic rings. The lowest BCUT2D eigenvalue weighted by molar-refractivity contribution is 0.0698. The second-order valence-corrected chi connectivity index (χ2v) is 5.37. The summed E-state index contributed by atoms with van der Waals surface area (Å²) in [7, 11) is -2.48. The SMILES string of the molecule is COCCNS(=O)(=O)Nc1c(Cl)cccc1C(=O)O. The quantitative estimate of drug-likeness (QED) is 0.650. The normalized spacial score (nSPS) is 11.3. The zero-order chi connectivity index (χ0) is 14.5. The first-order valence-corrected chi connectivity index (χ1v) is 7.01. The van der Waals surface area contributed by atoms with Crippen molar-refractivity contribution in [2.75, 3.05) is 25.0 Å². The molecule has 19 heavy (non-hydrogen) atoms. The molecule has 9 heteroatoms. The third-order valence-electron chi connectivity index (χ3n) is 2.08. The highest BCUT2D eigenvalue weighted by Crippen LogP contribution is 2.26. The standard InChI is InChI=1S/C10H13ClN2O5S/c1-18-6-5-12-19(16,17)13-9-7(10(14)15)3-2-4-8(9)11/h2-4,12-13H,5-6H2,1H3,(H,14,15). The van der Waals surface area contributed by atoms with Gasteiger partial charge in [-0.3, -0.25) is 4.72 Å². The van der Waals surface area contributed by atoms with Crippen LogP contribution in [0, 0.1) is 0 Å². The van der Waals surface area contributed by atoms with Crippen molar-refractivity contribution in [1.29, 1.82) is 0 Å². The van der Waals surface area contributed by atoms with Gasteiger partial charge in [0.25, 0.3) is 10.2 Å². The van der Waals surface area contributed by atoms with Gasteiger partial charge in [0.05, 0.1) is 22.9 Å². The van der Waals surface area contributed by atoms with Gasteiger partial charge in [0, 0.05) is 13.7 Å². The second-order valence-electron chi connectivity index (χ2n) is 3.46. The largest absolute Gasteiger partial charge is 0.478 e. The van der Waals surface area contributed by atoms with Crippen molar-refractivity contribution in [1.82, 2.24) is 4.72 Å². The van der Waals surface area contributed by atoms with Crippen LogP contribution in [0.3, 0.4) is 0 Å². The highest BCUT2D eigenvalue weighted by Gasteiger charge is 2.18. The predicted octanol–water partition coefficient (Wildman–Crippen LogP) is 0.931. The van der Waals surface area contributed by atoms with Crippen molar-refractivity contribution in [2.45, 2.75) is 0 Å². The highest BCUT2D eigenvalue weighted by molar-refractivity contribution is 7.90. The van der Waals surface area contributed by atoms with Crippen LogP contribution in [0.5, 0.6) is 0 Å². The van der Waals surface area contributed by atoms with Crippen LogP contribution in [-0.4, -0.2) is 39.8 Å². The van der Waals surface area contributed by atoms with Crippen molar-refractivity contribution in [2.24, 2.45) is 0 Å². The number of carboxylic acids is 1.